The van der Waals surface area contributed by atoms with Crippen LogP contribution in [0.15, 0.2) is 0 Å². The molecule has 0 unspecified atom stereocenters. The smallest absolute Gasteiger partial charge is 0.311 e. The first-order valence-electron chi connectivity index (χ1n) is 6.86. The lowest BCUT2D eigenvalue weighted by molar-refractivity contribution is -0.156. The molecule has 1 N–H and O–H groups in total. The zero-order chi connectivity index (χ0) is 15.0. The average Bonchev–Trinajstić information content (AvgIpc) is 3.01. The molecule has 9 heteroatoms. The number of tetrazole rings is 1. The van der Waals surface area contributed by atoms with E-state index in [4.69, 9.17) is 0 Å². The molecule has 2 aromatic heterocycles. The Morgan fingerprint density at radius 2 is 2.19 bits per heavy atom. The normalized spacial score (nSPS) is 16.9. The number of rotatable bonds is 5. The van der Waals surface area contributed by atoms with Crippen LogP contribution in [0.2, 0.25) is 0 Å². The lowest BCUT2D eigenvalue weighted by Crippen LogP contribution is -2.42. The Hall–Kier alpha value is -1.90. The molecule has 3 rings (SSSR count). The Kier molecular flexibility index (Phi) is 3.44. The number of hydrogen-bond acceptors (Lipinski definition) is 7. The summed E-state index contributed by atoms with van der Waals surface area (Å²) in [6.45, 7) is 4.35. The standard InChI is InChI=1S/C12H16N6O2S/c1-7(2)8-9(21-17-13-8)10-14-15-16-18(10)6-12(11(19)20)4-3-5-12/h7H,3-6H2,1-2H3,(H,19,20). The number of carboxylic acids is 1. The second-order valence-corrected chi connectivity index (χ2v) is 6.50. The van der Waals surface area contributed by atoms with Crippen LogP contribution in [-0.2, 0) is 11.3 Å². The van der Waals surface area contributed by atoms with E-state index in [1.54, 1.807) is 4.68 Å². The third-order valence-corrected chi connectivity index (χ3v) is 4.75. The van der Waals surface area contributed by atoms with E-state index in [2.05, 4.69) is 25.1 Å². The Bertz CT molecular complexity index is 660. The van der Waals surface area contributed by atoms with Crippen LogP contribution in [0.25, 0.3) is 10.7 Å². The van der Waals surface area contributed by atoms with Crippen LogP contribution in [-0.4, -0.2) is 40.9 Å². The van der Waals surface area contributed by atoms with Gasteiger partial charge in [-0.3, -0.25) is 4.79 Å². The zero-order valence-electron chi connectivity index (χ0n) is 11.9. The van der Waals surface area contributed by atoms with E-state index in [1.807, 2.05) is 13.8 Å². The molecule has 0 aliphatic heterocycles. The molecule has 21 heavy (non-hydrogen) atoms. The largest absolute Gasteiger partial charge is 0.481 e. The van der Waals surface area contributed by atoms with Gasteiger partial charge in [0.15, 0.2) is 5.82 Å². The van der Waals surface area contributed by atoms with Gasteiger partial charge in [-0.15, -0.1) is 10.2 Å². The third-order valence-electron chi connectivity index (χ3n) is 4.01. The minimum Gasteiger partial charge on any atom is -0.481 e. The SMILES string of the molecule is CC(C)c1nnsc1-c1nnnn1CC1(C(=O)O)CCC1. The molecule has 0 aromatic carbocycles. The van der Waals surface area contributed by atoms with Crippen molar-refractivity contribution in [3.05, 3.63) is 5.69 Å². The Labute approximate surface area is 125 Å². The summed E-state index contributed by atoms with van der Waals surface area (Å²) in [5.41, 5.74) is 0.106. The van der Waals surface area contributed by atoms with Crippen LogP contribution in [0, 0.1) is 5.41 Å². The van der Waals surface area contributed by atoms with Gasteiger partial charge in [0.1, 0.15) is 4.88 Å². The molecule has 0 atom stereocenters. The Morgan fingerprint density at radius 1 is 1.43 bits per heavy atom. The van der Waals surface area contributed by atoms with Crippen molar-refractivity contribution < 1.29 is 9.90 Å². The molecule has 2 aromatic rings. The van der Waals surface area contributed by atoms with Gasteiger partial charge in [-0.05, 0) is 40.7 Å². The van der Waals surface area contributed by atoms with Crippen molar-refractivity contribution in [2.75, 3.05) is 0 Å². The molecule has 2 heterocycles. The van der Waals surface area contributed by atoms with Crippen molar-refractivity contribution in [1.29, 1.82) is 0 Å². The topological polar surface area (TPSA) is 107 Å². The molecule has 112 valence electrons. The summed E-state index contributed by atoms with van der Waals surface area (Å²) in [5.74, 6) is -0.0102. The van der Waals surface area contributed by atoms with Crippen molar-refractivity contribution in [3.8, 4) is 10.7 Å². The first-order valence-corrected chi connectivity index (χ1v) is 7.63. The van der Waals surface area contributed by atoms with Crippen molar-refractivity contribution in [2.24, 2.45) is 5.41 Å². The van der Waals surface area contributed by atoms with Crippen LogP contribution >= 0.6 is 11.5 Å². The highest BCUT2D eigenvalue weighted by atomic mass is 32.1. The van der Waals surface area contributed by atoms with E-state index in [0.29, 0.717) is 25.2 Å². The minimum atomic E-state index is -0.776. The van der Waals surface area contributed by atoms with Crippen molar-refractivity contribution in [3.63, 3.8) is 0 Å². The van der Waals surface area contributed by atoms with Gasteiger partial charge in [-0.1, -0.05) is 24.8 Å². The second kappa shape index (κ2) is 5.14. The zero-order valence-corrected chi connectivity index (χ0v) is 12.7. The number of aliphatic carboxylic acids is 1. The lowest BCUT2D eigenvalue weighted by Gasteiger charge is -2.37. The summed E-state index contributed by atoms with van der Waals surface area (Å²) in [4.78, 5) is 12.3. The van der Waals surface area contributed by atoms with Gasteiger partial charge in [0.2, 0.25) is 0 Å². The van der Waals surface area contributed by atoms with Gasteiger partial charge in [0, 0.05) is 0 Å². The maximum absolute atomic E-state index is 11.5. The average molecular weight is 308 g/mol. The van der Waals surface area contributed by atoms with Gasteiger partial charge < -0.3 is 5.11 Å². The molecule has 1 saturated carbocycles. The van der Waals surface area contributed by atoms with Gasteiger partial charge in [-0.2, -0.15) is 0 Å². The maximum Gasteiger partial charge on any atom is 0.311 e. The summed E-state index contributed by atoms with van der Waals surface area (Å²) < 4.78 is 5.55. The number of nitrogens with zero attached hydrogens (tertiary/aromatic N) is 6. The number of carbonyl (C=O) groups is 1. The van der Waals surface area contributed by atoms with Gasteiger partial charge in [0.25, 0.3) is 0 Å². The fourth-order valence-corrected chi connectivity index (χ4v) is 3.34. The number of hydrogen-bond donors (Lipinski definition) is 1. The Balaban J connectivity index is 1.94. The molecule has 0 bridgehead atoms. The van der Waals surface area contributed by atoms with E-state index in [0.717, 1.165) is 17.0 Å². The fourth-order valence-electron chi connectivity index (χ4n) is 2.53. The summed E-state index contributed by atoms with van der Waals surface area (Å²) in [7, 11) is 0. The molecular weight excluding hydrogens is 292 g/mol. The molecule has 0 radical (unpaired) electrons. The van der Waals surface area contributed by atoms with E-state index in [9.17, 15) is 9.90 Å². The molecule has 1 fully saturated rings. The molecule has 0 spiro atoms. The molecule has 1 aliphatic carbocycles. The third kappa shape index (κ3) is 2.31. The second-order valence-electron chi connectivity index (χ2n) is 5.74. The monoisotopic (exact) mass is 308 g/mol. The van der Waals surface area contributed by atoms with E-state index in [1.165, 1.54) is 11.5 Å². The molecule has 1 aliphatic rings. The summed E-state index contributed by atoms with van der Waals surface area (Å²) in [5, 5.41) is 25.3. The minimum absolute atomic E-state index is 0.209. The maximum atomic E-state index is 11.5. The van der Waals surface area contributed by atoms with Crippen LogP contribution in [0.3, 0.4) is 0 Å². The predicted octanol–water partition coefficient (Wildman–Crippen LogP) is 1.57. The fraction of sp³-hybridized carbons (Fsp3) is 0.667. The van der Waals surface area contributed by atoms with Crippen LogP contribution in [0.4, 0.5) is 0 Å². The van der Waals surface area contributed by atoms with Gasteiger partial charge in [0.05, 0.1) is 17.7 Å². The lowest BCUT2D eigenvalue weighted by atomic mass is 9.69. The molecule has 0 amide bonds. The quantitative estimate of drug-likeness (QED) is 0.893. The molecule has 8 nitrogen and oxygen atoms in total. The first-order chi connectivity index (χ1) is 10.0. The van der Waals surface area contributed by atoms with E-state index in [-0.39, 0.29) is 5.92 Å². The summed E-state index contributed by atoms with van der Waals surface area (Å²) in [6.07, 6.45) is 2.27. The summed E-state index contributed by atoms with van der Waals surface area (Å²) in [6, 6.07) is 0. The molecule has 0 saturated heterocycles. The number of carboxylic acid groups (broad SMARTS) is 1. The highest BCUT2D eigenvalue weighted by Crippen LogP contribution is 2.43. The highest BCUT2D eigenvalue weighted by molar-refractivity contribution is 7.09. The van der Waals surface area contributed by atoms with Gasteiger partial charge in [-0.25, -0.2) is 4.68 Å². The van der Waals surface area contributed by atoms with E-state index >= 15 is 0 Å². The first kappa shape index (κ1) is 14.1. The summed E-state index contributed by atoms with van der Waals surface area (Å²) >= 11 is 1.24. The predicted molar refractivity (Wildman–Crippen MR) is 74.7 cm³/mol. The van der Waals surface area contributed by atoms with E-state index < -0.39 is 11.4 Å². The van der Waals surface area contributed by atoms with Crippen molar-refractivity contribution in [1.82, 2.24) is 29.8 Å². The van der Waals surface area contributed by atoms with Crippen molar-refractivity contribution >= 4 is 17.5 Å². The van der Waals surface area contributed by atoms with Gasteiger partial charge >= 0.3 is 5.97 Å². The van der Waals surface area contributed by atoms with Crippen LogP contribution in [0.5, 0.6) is 0 Å². The van der Waals surface area contributed by atoms with Crippen molar-refractivity contribution in [2.45, 2.75) is 45.6 Å². The Morgan fingerprint density at radius 3 is 2.76 bits per heavy atom. The highest BCUT2D eigenvalue weighted by Gasteiger charge is 2.45. The van der Waals surface area contributed by atoms with Crippen LogP contribution < -0.4 is 0 Å². The molecular formula is C12H16N6O2S. The number of aromatic nitrogens is 6. The van der Waals surface area contributed by atoms with Crippen LogP contribution in [0.1, 0.15) is 44.7 Å².